The average molecular weight is 390 g/mol. The third-order valence-electron chi connectivity index (χ3n) is 3.93. The second kappa shape index (κ2) is 8.12. The molecule has 0 aliphatic rings. The molecule has 130 valence electrons. The van der Waals surface area contributed by atoms with Gasteiger partial charge in [-0.15, -0.1) is 11.3 Å². The number of benzene rings is 1. The van der Waals surface area contributed by atoms with E-state index < -0.39 is 0 Å². The summed E-state index contributed by atoms with van der Waals surface area (Å²) in [6.45, 7) is 5.94. The Balaban J connectivity index is 1.86. The summed E-state index contributed by atoms with van der Waals surface area (Å²) >= 11 is 8.48. The van der Waals surface area contributed by atoms with Crippen LogP contribution in [0.25, 0.3) is 21.3 Å². The van der Waals surface area contributed by atoms with Crippen molar-refractivity contribution in [3.05, 3.63) is 51.9 Å². The summed E-state index contributed by atoms with van der Waals surface area (Å²) < 4.78 is 0.837. The third kappa shape index (κ3) is 3.94. The summed E-state index contributed by atoms with van der Waals surface area (Å²) in [6, 6.07) is 9.92. The Morgan fingerprint density at radius 1 is 1.28 bits per heavy atom. The van der Waals surface area contributed by atoms with Gasteiger partial charge in [-0.1, -0.05) is 54.3 Å². The van der Waals surface area contributed by atoms with Gasteiger partial charge in [-0.05, 0) is 19.4 Å². The van der Waals surface area contributed by atoms with Gasteiger partial charge < -0.3 is 9.88 Å². The molecule has 0 aliphatic carbocycles. The van der Waals surface area contributed by atoms with Crippen molar-refractivity contribution >= 4 is 49.9 Å². The Morgan fingerprint density at radius 2 is 2.00 bits per heavy atom. The average Bonchev–Trinajstić information content (AvgIpc) is 3.06. The molecule has 3 rings (SSSR count). The highest BCUT2D eigenvalue weighted by Gasteiger charge is 2.14. The number of H-pyrrole nitrogens is 1. The fraction of sp³-hybridized carbons (Fsp3) is 0.278. The van der Waals surface area contributed by atoms with E-state index in [1.807, 2.05) is 35.7 Å². The topological polar surface area (TPSA) is 49.0 Å². The molecule has 0 amide bonds. The standard InChI is InChI=1S/C18H19N3OS3/c1-3-21(4-2)18(23)25-11-14-19-16(22)15-13(10-24-17(15)20-14)12-8-6-5-7-9-12/h5-10H,3-4,11H2,1-2H3,(H,19,20,22). The minimum absolute atomic E-state index is 0.0885. The van der Waals surface area contributed by atoms with Gasteiger partial charge in [-0.25, -0.2) is 4.98 Å². The molecule has 0 radical (unpaired) electrons. The van der Waals surface area contributed by atoms with Crippen LogP contribution in [0.3, 0.4) is 0 Å². The van der Waals surface area contributed by atoms with Crippen molar-refractivity contribution in [3.8, 4) is 11.1 Å². The number of aromatic amines is 1. The number of nitrogens with one attached hydrogen (secondary N) is 1. The smallest absolute Gasteiger partial charge is 0.260 e. The Hall–Kier alpha value is -1.70. The van der Waals surface area contributed by atoms with E-state index in [1.54, 1.807) is 0 Å². The van der Waals surface area contributed by atoms with Gasteiger partial charge in [0.1, 0.15) is 15.0 Å². The normalized spacial score (nSPS) is 11.0. The number of hydrogen-bond donors (Lipinski definition) is 1. The lowest BCUT2D eigenvalue weighted by Gasteiger charge is -2.20. The lowest BCUT2D eigenvalue weighted by molar-refractivity contribution is 0.482. The molecule has 1 aromatic carbocycles. The van der Waals surface area contributed by atoms with Crippen LogP contribution in [0.4, 0.5) is 0 Å². The summed E-state index contributed by atoms with van der Waals surface area (Å²) in [5.74, 6) is 1.23. The molecule has 0 atom stereocenters. The molecular formula is C18H19N3OS3. The first kappa shape index (κ1) is 18.1. The monoisotopic (exact) mass is 389 g/mol. The van der Waals surface area contributed by atoms with Crippen LogP contribution in [-0.4, -0.2) is 32.3 Å². The van der Waals surface area contributed by atoms with Crippen molar-refractivity contribution in [1.82, 2.24) is 14.9 Å². The van der Waals surface area contributed by atoms with Crippen molar-refractivity contribution < 1.29 is 0 Å². The summed E-state index contributed by atoms with van der Waals surface area (Å²) in [7, 11) is 0. The van der Waals surface area contributed by atoms with Crippen molar-refractivity contribution in [2.24, 2.45) is 0 Å². The van der Waals surface area contributed by atoms with Gasteiger partial charge in [0.05, 0.1) is 11.1 Å². The Kier molecular flexibility index (Phi) is 5.88. The van der Waals surface area contributed by atoms with Crippen LogP contribution >= 0.6 is 35.3 Å². The Labute approximate surface area is 160 Å². The van der Waals surface area contributed by atoms with Crippen LogP contribution < -0.4 is 5.56 Å². The van der Waals surface area contributed by atoms with Crippen LogP contribution in [-0.2, 0) is 5.75 Å². The maximum atomic E-state index is 12.6. The predicted octanol–water partition coefficient (Wildman–Crippen LogP) is 4.51. The van der Waals surface area contributed by atoms with Crippen molar-refractivity contribution in [2.45, 2.75) is 19.6 Å². The van der Waals surface area contributed by atoms with Crippen molar-refractivity contribution in [2.75, 3.05) is 13.1 Å². The van der Waals surface area contributed by atoms with Crippen LogP contribution in [0.5, 0.6) is 0 Å². The molecule has 2 heterocycles. The van der Waals surface area contributed by atoms with Gasteiger partial charge in [0.2, 0.25) is 0 Å². The number of nitrogens with zero attached hydrogens (tertiary/aromatic N) is 2. The van der Waals surface area contributed by atoms with Gasteiger partial charge in [0.25, 0.3) is 5.56 Å². The van der Waals surface area contributed by atoms with Gasteiger partial charge in [-0.3, -0.25) is 4.79 Å². The summed E-state index contributed by atoms with van der Waals surface area (Å²) in [6.07, 6.45) is 0. The molecule has 1 N–H and O–H groups in total. The Morgan fingerprint density at radius 3 is 2.68 bits per heavy atom. The first-order valence-corrected chi connectivity index (χ1v) is 10.4. The molecule has 0 saturated heterocycles. The van der Waals surface area contributed by atoms with Crippen LogP contribution in [0.15, 0.2) is 40.5 Å². The summed E-state index contributed by atoms with van der Waals surface area (Å²) in [5.41, 5.74) is 1.88. The zero-order chi connectivity index (χ0) is 17.8. The first-order valence-electron chi connectivity index (χ1n) is 8.11. The van der Waals surface area contributed by atoms with Crippen LogP contribution in [0.2, 0.25) is 0 Å². The largest absolute Gasteiger partial charge is 0.358 e. The number of fused-ring (bicyclic) bond motifs is 1. The lowest BCUT2D eigenvalue weighted by atomic mass is 10.1. The highest BCUT2D eigenvalue weighted by atomic mass is 32.2. The second-order valence-electron chi connectivity index (χ2n) is 5.44. The number of thiocarbonyl (C=S) groups is 1. The van der Waals surface area contributed by atoms with E-state index in [0.717, 1.165) is 33.4 Å². The number of aromatic nitrogens is 2. The molecule has 0 saturated carbocycles. The lowest BCUT2D eigenvalue weighted by Crippen LogP contribution is -2.26. The molecule has 3 aromatic rings. The molecule has 0 bridgehead atoms. The molecule has 4 nitrogen and oxygen atoms in total. The number of hydrogen-bond acceptors (Lipinski definition) is 5. The van der Waals surface area contributed by atoms with E-state index in [-0.39, 0.29) is 5.56 Å². The molecule has 0 fully saturated rings. The van der Waals surface area contributed by atoms with Gasteiger partial charge in [-0.2, -0.15) is 0 Å². The molecule has 2 aromatic heterocycles. The maximum Gasteiger partial charge on any atom is 0.260 e. The highest BCUT2D eigenvalue weighted by Crippen LogP contribution is 2.30. The van der Waals surface area contributed by atoms with Crippen molar-refractivity contribution in [3.63, 3.8) is 0 Å². The van der Waals surface area contributed by atoms with Crippen molar-refractivity contribution in [1.29, 1.82) is 0 Å². The van der Waals surface area contributed by atoms with Gasteiger partial charge in [0, 0.05) is 24.0 Å². The van der Waals surface area contributed by atoms with E-state index in [0.29, 0.717) is 17.0 Å². The van der Waals surface area contributed by atoms with E-state index in [9.17, 15) is 4.79 Å². The predicted molar refractivity (Wildman–Crippen MR) is 112 cm³/mol. The summed E-state index contributed by atoms with van der Waals surface area (Å²) in [5, 5.41) is 2.66. The molecule has 0 aliphatic heterocycles. The number of thioether (sulfide) groups is 1. The molecular weight excluding hydrogens is 370 g/mol. The van der Waals surface area contributed by atoms with Gasteiger partial charge >= 0.3 is 0 Å². The van der Waals surface area contributed by atoms with E-state index in [1.165, 1.54) is 23.1 Å². The van der Waals surface area contributed by atoms with E-state index >= 15 is 0 Å². The van der Waals surface area contributed by atoms with E-state index in [4.69, 9.17) is 12.2 Å². The number of thiophene rings is 1. The first-order chi connectivity index (χ1) is 12.1. The fourth-order valence-corrected chi connectivity index (χ4v) is 4.83. The zero-order valence-electron chi connectivity index (χ0n) is 14.1. The fourth-order valence-electron chi connectivity index (χ4n) is 2.60. The zero-order valence-corrected chi connectivity index (χ0v) is 16.6. The van der Waals surface area contributed by atoms with Crippen LogP contribution in [0.1, 0.15) is 19.7 Å². The Bertz CT molecular complexity index is 930. The molecule has 25 heavy (non-hydrogen) atoms. The maximum absolute atomic E-state index is 12.6. The SMILES string of the molecule is CCN(CC)C(=S)SCc1nc2scc(-c3ccccc3)c2c(=O)[nH]1. The number of rotatable bonds is 5. The molecule has 0 spiro atoms. The van der Waals surface area contributed by atoms with E-state index in [2.05, 4.69) is 28.7 Å². The minimum Gasteiger partial charge on any atom is -0.358 e. The van der Waals surface area contributed by atoms with Crippen LogP contribution in [0, 0.1) is 0 Å². The second-order valence-corrected chi connectivity index (χ2v) is 7.90. The summed E-state index contributed by atoms with van der Waals surface area (Å²) in [4.78, 5) is 23.0. The highest BCUT2D eigenvalue weighted by molar-refractivity contribution is 8.22. The third-order valence-corrected chi connectivity index (χ3v) is 6.34. The minimum atomic E-state index is -0.0885. The quantitative estimate of drug-likeness (QED) is 0.651. The molecule has 0 unspecified atom stereocenters. The molecule has 7 heteroatoms. The van der Waals surface area contributed by atoms with Gasteiger partial charge in [0.15, 0.2) is 0 Å².